The minimum absolute atomic E-state index is 0. The number of allylic oxidation sites excluding steroid dienone is 2. The number of carbonyl (C=O) groups is 1. The summed E-state index contributed by atoms with van der Waals surface area (Å²) in [7, 11) is 1.50. The summed E-state index contributed by atoms with van der Waals surface area (Å²) in [6, 6.07) is 0. The van der Waals surface area contributed by atoms with Crippen LogP contribution in [0.25, 0.3) is 0 Å². The van der Waals surface area contributed by atoms with E-state index in [1.54, 1.807) is 0 Å². The fraction of sp³-hybridized carbons (Fsp3) is 0.667. The molecular formula is C9H22BF4N2O2Pd-. The van der Waals surface area contributed by atoms with Gasteiger partial charge in [-0.15, -0.1) is 0 Å². The predicted molar refractivity (Wildman–Crippen MR) is 67.2 cm³/mol. The number of carbonyl (C=O) groups excluding carboxylic acids is 1. The number of hydrogen-bond acceptors (Lipinski definition) is 4. The van der Waals surface area contributed by atoms with Crippen molar-refractivity contribution in [2.45, 2.75) is 13.8 Å². The van der Waals surface area contributed by atoms with Crippen molar-refractivity contribution < 1.29 is 47.6 Å². The topological polar surface area (TPSA) is 61.4 Å². The molecule has 0 saturated heterocycles. The van der Waals surface area contributed by atoms with Crippen molar-refractivity contribution in [1.29, 1.82) is 0 Å². The molecule has 0 saturated carbocycles. The summed E-state index contributed by atoms with van der Waals surface area (Å²) in [5, 5.41) is 13.9. The Morgan fingerprint density at radius 2 is 1.16 bits per heavy atom. The minimum atomic E-state index is -6.00. The van der Waals surface area contributed by atoms with E-state index in [1.165, 1.54) is 19.9 Å². The van der Waals surface area contributed by atoms with Crippen LogP contribution < -0.4 is 10.6 Å². The van der Waals surface area contributed by atoms with Crippen molar-refractivity contribution in [1.82, 2.24) is 10.6 Å². The van der Waals surface area contributed by atoms with Gasteiger partial charge in [0.05, 0.1) is 5.76 Å². The molecule has 4 nitrogen and oxygen atoms in total. The number of ketones is 1. The first-order valence-corrected chi connectivity index (χ1v) is 4.88. The van der Waals surface area contributed by atoms with Crippen LogP contribution in [0, 0.1) is 0 Å². The molecule has 19 heavy (non-hydrogen) atoms. The molecule has 0 aliphatic carbocycles. The van der Waals surface area contributed by atoms with Gasteiger partial charge in [-0.3, -0.25) is 4.79 Å². The van der Waals surface area contributed by atoms with Crippen LogP contribution in [0.4, 0.5) is 17.3 Å². The molecule has 0 bridgehead atoms. The van der Waals surface area contributed by atoms with Crippen molar-refractivity contribution in [3.63, 3.8) is 0 Å². The van der Waals surface area contributed by atoms with Gasteiger partial charge in [0.2, 0.25) is 0 Å². The van der Waals surface area contributed by atoms with Gasteiger partial charge in [0.15, 0.2) is 5.78 Å². The Morgan fingerprint density at radius 3 is 1.16 bits per heavy atom. The molecule has 0 aliphatic heterocycles. The van der Waals surface area contributed by atoms with Crippen LogP contribution in [-0.2, 0) is 25.2 Å². The Balaban J connectivity index is -0.0000000483. The first kappa shape index (κ1) is 31.1. The zero-order valence-electron chi connectivity index (χ0n) is 11.8. The van der Waals surface area contributed by atoms with Gasteiger partial charge in [0, 0.05) is 26.5 Å². The molecule has 0 aliphatic rings. The Hall–Kier alpha value is -0.423. The molecule has 0 amide bonds. The average molecular weight is 384 g/mol. The predicted octanol–water partition coefficient (Wildman–Crippen LogP) is 2.01. The first-order valence-electron chi connectivity index (χ1n) is 4.88. The maximum Gasteiger partial charge on any atom is 0.673 e. The van der Waals surface area contributed by atoms with Crippen LogP contribution in [0.2, 0.25) is 0 Å². The second kappa shape index (κ2) is 22.7. The van der Waals surface area contributed by atoms with E-state index in [9.17, 15) is 22.1 Å². The summed E-state index contributed by atoms with van der Waals surface area (Å²) in [5.74, 6) is -0.0625. The number of nitrogens with one attached hydrogen (secondary N) is 2. The smallest absolute Gasteiger partial charge is 0.512 e. The number of aliphatic hydroxyl groups is 1. The van der Waals surface area contributed by atoms with Gasteiger partial charge in [0.25, 0.3) is 0 Å². The van der Waals surface area contributed by atoms with Gasteiger partial charge in [-0.05, 0) is 42.0 Å². The summed E-state index contributed by atoms with van der Waals surface area (Å²) >= 11 is 0. The number of hydrogen-bond donors (Lipinski definition) is 3. The summed E-state index contributed by atoms with van der Waals surface area (Å²) in [4.78, 5) is 10.0. The van der Waals surface area contributed by atoms with Gasteiger partial charge in [-0.25, -0.2) is 0 Å². The quantitative estimate of drug-likeness (QED) is 0.281. The minimum Gasteiger partial charge on any atom is -0.512 e. The molecule has 0 unspecified atom stereocenters. The Morgan fingerprint density at radius 1 is 1.00 bits per heavy atom. The fourth-order valence-corrected chi connectivity index (χ4v) is 0.294. The molecule has 0 heterocycles. The molecule has 0 fully saturated rings. The third kappa shape index (κ3) is 333. The Bertz CT molecular complexity index is 205. The van der Waals surface area contributed by atoms with E-state index in [0.717, 1.165) is 0 Å². The van der Waals surface area contributed by atoms with E-state index in [4.69, 9.17) is 5.11 Å². The van der Waals surface area contributed by atoms with Crippen LogP contribution in [0.5, 0.6) is 0 Å². The van der Waals surface area contributed by atoms with E-state index in [2.05, 4.69) is 10.6 Å². The summed E-state index contributed by atoms with van der Waals surface area (Å²) in [6.45, 7) is 2.85. The van der Waals surface area contributed by atoms with Crippen LogP contribution in [-0.4, -0.2) is 46.3 Å². The second-order valence-electron chi connectivity index (χ2n) is 2.89. The molecule has 0 rings (SSSR count). The van der Waals surface area contributed by atoms with Crippen LogP contribution in [0.15, 0.2) is 11.8 Å². The van der Waals surface area contributed by atoms with Gasteiger partial charge >= 0.3 is 7.25 Å². The van der Waals surface area contributed by atoms with Crippen LogP contribution in [0.3, 0.4) is 0 Å². The van der Waals surface area contributed by atoms with Crippen molar-refractivity contribution in [2.24, 2.45) is 0 Å². The van der Waals surface area contributed by atoms with E-state index in [0.29, 0.717) is 0 Å². The summed E-state index contributed by atoms with van der Waals surface area (Å²) in [5.41, 5.74) is 0. The molecular weight excluding hydrogens is 361 g/mol. The molecule has 3 N–H and O–H groups in total. The molecule has 10 heteroatoms. The summed E-state index contributed by atoms with van der Waals surface area (Å²) in [6.07, 6.45) is 1.17. The zero-order valence-corrected chi connectivity index (χ0v) is 13.4. The van der Waals surface area contributed by atoms with Crippen molar-refractivity contribution >= 4 is 13.0 Å². The molecule has 0 aromatic rings. The van der Waals surface area contributed by atoms with Gasteiger partial charge < -0.3 is 33.0 Å². The van der Waals surface area contributed by atoms with Crippen molar-refractivity contribution in [3.8, 4) is 0 Å². The Kier molecular flexibility index (Phi) is 37.3. The fourth-order valence-electron chi connectivity index (χ4n) is 0.294. The van der Waals surface area contributed by atoms with Crippen molar-refractivity contribution in [2.75, 3.05) is 28.2 Å². The molecule has 0 atom stereocenters. The Labute approximate surface area is 125 Å². The van der Waals surface area contributed by atoms with E-state index in [1.807, 2.05) is 28.2 Å². The maximum atomic E-state index is 10.0. The van der Waals surface area contributed by atoms with E-state index < -0.39 is 7.25 Å². The molecule has 0 radical (unpaired) electrons. The molecule has 122 valence electrons. The van der Waals surface area contributed by atoms with Crippen molar-refractivity contribution in [3.05, 3.63) is 11.8 Å². The van der Waals surface area contributed by atoms with Gasteiger partial charge in [-0.1, -0.05) is 0 Å². The average Bonchev–Trinajstić information content (AvgIpc) is 1.99. The number of aliphatic hydroxyl groups excluding tert-OH is 1. The van der Waals surface area contributed by atoms with Gasteiger partial charge in [-0.2, -0.15) is 0 Å². The third-order valence-electron chi connectivity index (χ3n) is 0.412. The largest absolute Gasteiger partial charge is 0.673 e. The SMILES string of the molecule is CC(=O)/C=C(/C)O.CNC.CNC.F[B-](F)(F)F.[Pd]. The molecule has 0 spiro atoms. The second-order valence-corrected chi connectivity index (χ2v) is 2.89. The van der Waals surface area contributed by atoms with Gasteiger partial charge in [0.1, 0.15) is 0 Å². The normalized spacial score (nSPS) is 9.26. The first-order chi connectivity index (χ1) is 7.95. The zero-order chi connectivity index (χ0) is 15.8. The number of rotatable bonds is 1. The number of halogens is 4. The van der Waals surface area contributed by atoms with Crippen LogP contribution in [0.1, 0.15) is 13.8 Å². The van der Waals surface area contributed by atoms with Crippen LogP contribution >= 0.6 is 0 Å². The monoisotopic (exact) mass is 383 g/mol. The molecule has 0 aromatic heterocycles. The third-order valence-corrected chi connectivity index (χ3v) is 0.412. The standard InChI is InChI=1S/C5H8O2.2C2H7N.BF4.Pd/c1-4(6)3-5(2)7;2*1-3-2;2-1(3,4)5;/h3,6H,1-2H3;2*3H,1-2H3;;/q;;;-1;/b4-3-;;;;. The molecule has 0 aromatic carbocycles. The van der Waals surface area contributed by atoms with E-state index in [-0.39, 0.29) is 32.0 Å². The maximum absolute atomic E-state index is 10.0. The van der Waals surface area contributed by atoms with E-state index >= 15 is 0 Å². The summed E-state index contributed by atoms with van der Waals surface area (Å²) < 4.78 is 39.0.